The van der Waals surface area contributed by atoms with E-state index in [0.717, 1.165) is 15.1 Å². The summed E-state index contributed by atoms with van der Waals surface area (Å²) in [5, 5.41) is 11.7. The van der Waals surface area contributed by atoms with Crippen LogP contribution in [0.25, 0.3) is 0 Å². The van der Waals surface area contributed by atoms with E-state index >= 15 is 0 Å². The molecular formula is C13H17N3S3. The molecular weight excluding hydrogens is 294 g/mol. The van der Waals surface area contributed by atoms with E-state index < -0.39 is 0 Å². The lowest BCUT2D eigenvalue weighted by molar-refractivity contribution is 0.568. The van der Waals surface area contributed by atoms with Gasteiger partial charge in [0.15, 0.2) is 8.68 Å². The fraction of sp³-hybridized carbons (Fsp3) is 0.385. The van der Waals surface area contributed by atoms with Crippen molar-refractivity contribution < 1.29 is 0 Å². The first-order valence-corrected chi connectivity index (χ1v) is 8.95. The van der Waals surface area contributed by atoms with Crippen LogP contribution >= 0.6 is 34.9 Å². The van der Waals surface area contributed by atoms with Crippen LogP contribution in [0.15, 0.2) is 37.8 Å². The topological polar surface area (TPSA) is 37.8 Å². The minimum absolute atomic E-state index is 0.386. The Kier molecular flexibility index (Phi) is 5.69. The van der Waals surface area contributed by atoms with Crippen LogP contribution in [0.4, 0.5) is 0 Å². The maximum Gasteiger partial charge on any atom is 0.179 e. The van der Waals surface area contributed by atoms with Crippen molar-refractivity contribution in [1.29, 1.82) is 0 Å². The lowest BCUT2D eigenvalue weighted by atomic mass is 10.1. The average molecular weight is 312 g/mol. The molecule has 0 radical (unpaired) electrons. The summed E-state index contributed by atoms with van der Waals surface area (Å²) in [6.45, 7) is 2.19. The Labute approximate surface area is 126 Å². The third-order valence-corrected chi connectivity index (χ3v) is 5.85. The third-order valence-electron chi connectivity index (χ3n) is 2.81. The van der Waals surface area contributed by atoms with E-state index in [1.54, 1.807) is 34.9 Å². The van der Waals surface area contributed by atoms with Crippen LogP contribution in [0.2, 0.25) is 0 Å². The lowest BCUT2D eigenvalue weighted by Crippen LogP contribution is -2.15. The molecule has 0 amide bonds. The molecule has 1 aromatic carbocycles. The molecule has 19 heavy (non-hydrogen) atoms. The average Bonchev–Trinajstić information content (AvgIpc) is 2.90. The van der Waals surface area contributed by atoms with Crippen LogP contribution in [0.5, 0.6) is 0 Å². The fourth-order valence-electron chi connectivity index (χ4n) is 1.86. The summed E-state index contributed by atoms with van der Waals surface area (Å²) in [7, 11) is 2.01. The van der Waals surface area contributed by atoms with Gasteiger partial charge in [-0.25, -0.2) is 0 Å². The normalized spacial score (nSPS) is 12.6. The van der Waals surface area contributed by atoms with Gasteiger partial charge in [-0.15, -0.1) is 10.2 Å². The molecule has 0 saturated carbocycles. The molecule has 1 N–H and O–H groups in total. The molecule has 0 aliphatic heterocycles. The Bertz CT molecular complexity index is 523. The van der Waals surface area contributed by atoms with Gasteiger partial charge in [0.1, 0.15) is 0 Å². The summed E-state index contributed by atoms with van der Waals surface area (Å²) in [6, 6.07) is 8.89. The largest absolute Gasteiger partial charge is 0.313 e. The molecule has 1 unspecified atom stereocenters. The lowest BCUT2D eigenvalue weighted by Gasteiger charge is -2.17. The monoisotopic (exact) mass is 311 g/mol. The minimum Gasteiger partial charge on any atom is -0.313 e. The van der Waals surface area contributed by atoms with Crippen molar-refractivity contribution in [3.8, 4) is 0 Å². The van der Waals surface area contributed by atoms with Gasteiger partial charge in [-0.1, -0.05) is 60.0 Å². The van der Waals surface area contributed by atoms with E-state index in [4.69, 9.17) is 0 Å². The molecule has 0 saturated heterocycles. The molecule has 0 aliphatic rings. The zero-order chi connectivity index (χ0) is 13.7. The van der Waals surface area contributed by atoms with Gasteiger partial charge in [0.05, 0.1) is 0 Å². The quantitative estimate of drug-likeness (QED) is 0.814. The van der Waals surface area contributed by atoms with E-state index in [2.05, 4.69) is 46.7 Å². The molecule has 0 bridgehead atoms. The van der Waals surface area contributed by atoms with Crippen LogP contribution in [0, 0.1) is 0 Å². The molecule has 2 rings (SSSR count). The standard InChI is InChI=1S/C13H17N3S3/c1-4-10(14-2)9-7-5-6-8-11(9)18-13-16-15-12(17-3)19-13/h5-8,10,14H,4H2,1-3H3. The zero-order valence-corrected chi connectivity index (χ0v) is 13.7. The van der Waals surface area contributed by atoms with Gasteiger partial charge in [-0.05, 0) is 31.4 Å². The van der Waals surface area contributed by atoms with E-state index in [-0.39, 0.29) is 0 Å². The molecule has 0 aliphatic carbocycles. The van der Waals surface area contributed by atoms with Gasteiger partial charge in [0, 0.05) is 10.9 Å². The van der Waals surface area contributed by atoms with Gasteiger partial charge in [-0.3, -0.25) is 0 Å². The van der Waals surface area contributed by atoms with Crippen molar-refractivity contribution in [2.75, 3.05) is 13.3 Å². The van der Waals surface area contributed by atoms with Crippen LogP contribution < -0.4 is 5.32 Å². The zero-order valence-electron chi connectivity index (χ0n) is 11.2. The summed E-state index contributed by atoms with van der Waals surface area (Å²) >= 11 is 4.99. The first-order valence-electron chi connectivity index (χ1n) is 6.10. The third kappa shape index (κ3) is 3.72. The van der Waals surface area contributed by atoms with Gasteiger partial charge in [-0.2, -0.15) is 0 Å². The Morgan fingerprint density at radius 1 is 1.26 bits per heavy atom. The first-order chi connectivity index (χ1) is 9.28. The second kappa shape index (κ2) is 7.28. The van der Waals surface area contributed by atoms with Crippen molar-refractivity contribution in [2.45, 2.75) is 33.0 Å². The van der Waals surface area contributed by atoms with Crippen molar-refractivity contribution >= 4 is 34.9 Å². The summed E-state index contributed by atoms with van der Waals surface area (Å²) < 4.78 is 2.02. The second-order valence-electron chi connectivity index (χ2n) is 3.93. The predicted molar refractivity (Wildman–Crippen MR) is 84.3 cm³/mol. The van der Waals surface area contributed by atoms with E-state index in [1.807, 2.05) is 13.3 Å². The highest BCUT2D eigenvalue weighted by atomic mass is 32.2. The van der Waals surface area contributed by atoms with Gasteiger partial charge in [0.2, 0.25) is 0 Å². The summed E-state index contributed by atoms with van der Waals surface area (Å²) in [4.78, 5) is 1.26. The van der Waals surface area contributed by atoms with Crippen molar-refractivity contribution in [2.24, 2.45) is 0 Å². The predicted octanol–water partition coefficient (Wildman–Crippen LogP) is 4.08. The number of aromatic nitrogens is 2. The number of hydrogen-bond acceptors (Lipinski definition) is 6. The number of hydrogen-bond donors (Lipinski definition) is 1. The van der Waals surface area contributed by atoms with Crippen molar-refractivity contribution in [1.82, 2.24) is 15.5 Å². The van der Waals surface area contributed by atoms with Crippen LogP contribution in [0.3, 0.4) is 0 Å². The maximum atomic E-state index is 4.22. The first kappa shape index (κ1) is 14.8. The van der Waals surface area contributed by atoms with Crippen LogP contribution in [-0.2, 0) is 0 Å². The van der Waals surface area contributed by atoms with Gasteiger partial charge in [0.25, 0.3) is 0 Å². The molecule has 102 valence electrons. The number of nitrogens with zero attached hydrogens (tertiary/aromatic N) is 2. The van der Waals surface area contributed by atoms with Gasteiger partial charge < -0.3 is 5.32 Å². The molecule has 2 aromatic rings. The summed E-state index contributed by atoms with van der Waals surface area (Å²) in [6.07, 6.45) is 3.09. The summed E-state index contributed by atoms with van der Waals surface area (Å²) in [5.74, 6) is 0. The Morgan fingerprint density at radius 2 is 2.00 bits per heavy atom. The van der Waals surface area contributed by atoms with E-state index in [9.17, 15) is 0 Å². The molecule has 3 nitrogen and oxygen atoms in total. The molecule has 0 spiro atoms. The highest BCUT2D eigenvalue weighted by molar-refractivity contribution is 8.03. The Morgan fingerprint density at radius 3 is 2.63 bits per heavy atom. The Hall–Kier alpha value is -0.560. The van der Waals surface area contributed by atoms with Gasteiger partial charge >= 0.3 is 0 Å². The highest BCUT2D eigenvalue weighted by Gasteiger charge is 2.14. The minimum atomic E-state index is 0.386. The maximum absolute atomic E-state index is 4.22. The Balaban J connectivity index is 2.24. The number of rotatable bonds is 6. The highest BCUT2D eigenvalue weighted by Crippen LogP contribution is 2.36. The summed E-state index contributed by atoms with van der Waals surface area (Å²) in [5.41, 5.74) is 1.33. The van der Waals surface area contributed by atoms with E-state index in [1.165, 1.54) is 10.5 Å². The van der Waals surface area contributed by atoms with E-state index in [0.29, 0.717) is 6.04 Å². The number of benzene rings is 1. The molecule has 1 heterocycles. The van der Waals surface area contributed by atoms with Crippen molar-refractivity contribution in [3.05, 3.63) is 29.8 Å². The number of thioether (sulfide) groups is 1. The molecule has 0 fully saturated rings. The molecule has 1 atom stereocenters. The fourth-order valence-corrected chi connectivity index (χ4v) is 4.44. The van der Waals surface area contributed by atoms with Crippen molar-refractivity contribution in [3.63, 3.8) is 0 Å². The number of nitrogens with one attached hydrogen (secondary N) is 1. The SMILES string of the molecule is CCC(NC)c1ccccc1Sc1nnc(SC)s1. The smallest absolute Gasteiger partial charge is 0.179 e. The molecule has 6 heteroatoms. The second-order valence-corrected chi connectivity index (χ2v) is 7.25. The van der Waals surface area contributed by atoms with Crippen LogP contribution in [0.1, 0.15) is 24.9 Å². The molecule has 1 aromatic heterocycles. The van der Waals surface area contributed by atoms with Crippen LogP contribution in [-0.4, -0.2) is 23.5 Å².